The van der Waals surface area contributed by atoms with Gasteiger partial charge in [0, 0.05) is 18.2 Å². The lowest BCUT2D eigenvalue weighted by atomic mass is 10.1. The summed E-state index contributed by atoms with van der Waals surface area (Å²) in [5.74, 6) is -5.54. The molecule has 0 aliphatic carbocycles. The predicted octanol–water partition coefficient (Wildman–Crippen LogP) is 1.92. The molecule has 156 valence electrons. The van der Waals surface area contributed by atoms with Crippen LogP contribution in [-0.2, 0) is 11.2 Å². The molecular formula is C19H16F2N4O4S. The number of carbonyl (C=O) groups excluding carboxylic acids is 2. The number of aromatic carboxylic acids is 1. The molecule has 0 unspecified atom stereocenters. The number of amides is 2. The Labute approximate surface area is 173 Å². The van der Waals surface area contributed by atoms with Gasteiger partial charge in [-0.1, -0.05) is 12.1 Å². The van der Waals surface area contributed by atoms with Gasteiger partial charge in [-0.3, -0.25) is 9.59 Å². The number of carboxylic acid groups (broad SMARTS) is 1. The van der Waals surface area contributed by atoms with E-state index in [0.717, 1.165) is 10.5 Å². The van der Waals surface area contributed by atoms with Crippen LogP contribution in [0.4, 0.5) is 8.78 Å². The van der Waals surface area contributed by atoms with Crippen molar-refractivity contribution in [2.75, 3.05) is 13.1 Å². The Bertz CT molecular complexity index is 1020. The third-order valence-electron chi connectivity index (χ3n) is 4.48. The monoisotopic (exact) mass is 434 g/mol. The Morgan fingerprint density at radius 3 is 2.67 bits per heavy atom. The van der Waals surface area contributed by atoms with Crippen LogP contribution in [0, 0.1) is 11.3 Å². The van der Waals surface area contributed by atoms with E-state index < -0.39 is 49.3 Å². The van der Waals surface area contributed by atoms with Crippen LogP contribution >= 0.6 is 11.3 Å². The molecule has 0 radical (unpaired) electrons. The van der Waals surface area contributed by atoms with Crippen molar-refractivity contribution in [1.82, 2.24) is 15.2 Å². The number of thiazole rings is 1. The fraction of sp³-hybridized carbons (Fsp3) is 0.316. The number of alkyl halides is 2. The highest BCUT2D eigenvalue weighted by atomic mass is 32.1. The minimum atomic E-state index is -3.12. The van der Waals surface area contributed by atoms with Gasteiger partial charge in [-0.2, -0.15) is 5.26 Å². The van der Waals surface area contributed by atoms with Crippen LogP contribution in [0.5, 0.6) is 0 Å². The second-order valence-corrected chi connectivity index (χ2v) is 7.66. The largest absolute Gasteiger partial charge is 0.478 e. The number of nitrogens with one attached hydrogen (secondary N) is 1. The summed E-state index contributed by atoms with van der Waals surface area (Å²) in [4.78, 5) is 40.2. The number of likely N-dealkylation sites (tertiary alicyclic amines) is 1. The lowest BCUT2D eigenvalue weighted by Gasteiger charge is -2.19. The van der Waals surface area contributed by atoms with Gasteiger partial charge in [-0.25, -0.2) is 18.6 Å². The van der Waals surface area contributed by atoms with Gasteiger partial charge in [0.25, 0.3) is 11.8 Å². The standard InChI is InChI=1S/C19H16F2N4O4S/c20-19(21)6-13(7-22)25(10-19)16(26)8-23-17(27)14-9-30-15(24-14)5-11-1-3-12(4-2-11)18(28)29/h1-4,9,13H,5-6,8,10H2,(H,23,27)(H,28,29)/t13-/m0/s1. The molecule has 2 aromatic rings. The highest BCUT2D eigenvalue weighted by molar-refractivity contribution is 7.09. The fourth-order valence-corrected chi connectivity index (χ4v) is 3.79. The zero-order chi connectivity index (χ0) is 21.9. The smallest absolute Gasteiger partial charge is 0.335 e. The Balaban J connectivity index is 1.55. The lowest BCUT2D eigenvalue weighted by molar-refractivity contribution is -0.131. The maximum Gasteiger partial charge on any atom is 0.335 e. The van der Waals surface area contributed by atoms with Crippen LogP contribution in [-0.4, -0.2) is 57.8 Å². The van der Waals surface area contributed by atoms with E-state index >= 15 is 0 Å². The van der Waals surface area contributed by atoms with Crippen LogP contribution in [0.2, 0.25) is 0 Å². The summed E-state index contributed by atoms with van der Waals surface area (Å²) >= 11 is 1.22. The Kier molecular flexibility index (Phi) is 6.07. The molecular weight excluding hydrogens is 418 g/mol. The van der Waals surface area contributed by atoms with E-state index in [9.17, 15) is 23.2 Å². The van der Waals surface area contributed by atoms with E-state index in [1.807, 2.05) is 0 Å². The van der Waals surface area contributed by atoms with E-state index in [0.29, 0.717) is 11.4 Å². The van der Waals surface area contributed by atoms with Gasteiger partial charge in [-0.05, 0) is 17.7 Å². The average molecular weight is 434 g/mol. The number of hydrogen-bond acceptors (Lipinski definition) is 6. The highest BCUT2D eigenvalue weighted by Gasteiger charge is 2.47. The molecule has 0 bridgehead atoms. The predicted molar refractivity (Wildman–Crippen MR) is 101 cm³/mol. The molecule has 3 rings (SSSR count). The molecule has 0 spiro atoms. The molecule has 1 aromatic heterocycles. The maximum atomic E-state index is 13.4. The van der Waals surface area contributed by atoms with Crippen molar-refractivity contribution in [2.45, 2.75) is 24.8 Å². The summed E-state index contributed by atoms with van der Waals surface area (Å²) in [5, 5.41) is 22.3. The number of benzene rings is 1. The van der Waals surface area contributed by atoms with E-state index in [2.05, 4.69) is 10.3 Å². The van der Waals surface area contributed by atoms with Crippen molar-refractivity contribution in [3.05, 3.63) is 51.5 Å². The summed E-state index contributed by atoms with van der Waals surface area (Å²) in [6.07, 6.45) is -0.324. The van der Waals surface area contributed by atoms with Crippen LogP contribution in [0.1, 0.15) is 37.8 Å². The van der Waals surface area contributed by atoms with Gasteiger partial charge >= 0.3 is 5.97 Å². The van der Waals surface area contributed by atoms with Crippen molar-refractivity contribution in [2.24, 2.45) is 0 Å². The van der Waals surface area contributed by atoms with Crippen LogP contribution < -0.4 is 5.32 Å². The number of nitriles is 1. The first-order valence-corrected chi connectivity index (χ1v) is 9.68. The summed E-state index contributed by atoms with van der Waals surface area (Å²) < 4.78 is 26.9. The van der Waals surface area contributed by atoms with Crippen molar-refractivity contribution < 1.29 is 28.3 Å². The summed E-state index contributed by atoms with van der Waals surface area (Å²) in [6.45, 7) is -1.36. The molecule has 1 aliphatic heterocycles. The second-order valence-electron chi connectivity index (χ2n) is 6.71. The third-order valence-corrected chi connectivity index (χ3v) is 5.33. The average Bonchev–Trinajstić information content (AvgIpc) is 3.29. The quantitative estimate of drug-likeness (QED) is 0.716. The number of nitrogens with zero attached hydrogens (tertiary/aromatic N) is 3. The van der Waals surface area contributed by atoms with Crippen LogP contribution in [0.15, 0.2) is 29.6 Å². The van der Waals surface area contributed by atoms with E-state index in [4.69, 9.17) is 10.4 Å². The minimum absolute atomic E-state index is 0.0774. The number of rotatable bonds is 6. The van der Waals surface area contributed by atoms with Gasteiger partial charge in [-0.15, -0.1) is 11.3 Å². The number of carboxylic acids is 1. The van der Waals surface area contributed by atoms with E-state index in [1.165, 1.54) is 28.8 Å². The molecule has 1 aromatic carbocycles. The molecule has 2 N–H and O–H groups in total. The Morgan fingerprint density at radius 1 is 1.33 bits per heavy atom. The molecule has 0 saturated carbocycles. The van der Waals surface area contributed by atoms with Crippen LogP contribution in [0.25, 0.3) is 0 Å². The molecule has 11 heteroatoms. The van der Waals surface area contributed by atoms with Gasteiger partial charge in [0.1, 0.15) is 11.7 Å². The number of carbonyl (C=O) groups is 3. The third kappa shape index (κ3) is 4.96. The summed E-state index contributed by atoms with van der Waals surface area (Å²) in [7, 11) is 0. The van der Waals surface area contributed by atoms with Crippen molar-refractivity contribution in [1.29, 1.82) is 5.26 Å². The topological polar surface area (TPSA) is 123 Å². The SMILES string of the molecule is N#C[C@@H]1CC(F)(F)CN1C(=O)CNC(=O)c1csc(Cc2ccc(C(=O)O)cc2)n1. The van der Waals surface area contributed by atoms with Gasteiger partial charge in [0.05, 0.1) is 29.7 Å². The van der Waals surface area contributed by atoms with Crippen LogP contribution in [0.3, 0.4) is 0 Å². The molecule has 2 heterocycles. The Morgan fingerprint density at radius 2 is 2.03 bits per heavy atom. The minimum Gasteiger partial charge on any atom is -0.478 e. The molecule has 1 aliphatic rings. The van der Waals surface area contributed by atoms with Crippen molar-refractivity contribution in [3.63, 3.8) is 0 Å². The Hall–Kier alpha value is -3.39. The van der Waals surface area contributed by atoms with E-state index in [-0.39, 0.29) is 11.3 Å². The second kappa shape index (κ2) is 8.54. The summed E-state index contributed by atoms with van der Waals surface area (Å²) in [5.41, 5.74) is 1.06. The summed E-state index contributed by atoms with van der Waals surface area (Å²) in [6, 6.07) is 6.71. The fourth-order valence-electron chi connectivity index (χ4n) is 2.98. The molecule has 1 saturated heterocycles. The molecule has 2 amide bonds. The molecule has 30 heavy (non-hydrogen) atoms. The van der Waals surface area contributed by atoms with Gasteiger partial charge < -0.3 is 15.3 Å². The molecule has 8 nitrogen and oxygen atoms in total. The first-order valence-electron chi connectivity index (χ1n) is 8.80. The lowest BCUT2D eigenvalue weighted by Crippen LogP contribution is -2.43. The first kappa shape index (κ1) is 21.3. The zero-order valence-electron chi connectivity index (χ0n) is 15.5. The number of aromatic nitrogens is 1. The van der Waals surface area contributed by atoms with E-state index in [1.54, 1.807) is 18.2 Å². The van der Waals surface area contributed by atoms with Gasteiger partial charge in [0.2, 0.25) is 5.91 Å². The zero-order valence-corrected chi connectivity index (χ0v) is 16.3. The highest BCUT2D eigenvalue weighted by Crippen LogP contribution is 2.31. The first-order chi connectivity index (χ1) is 14.2. The van der Waals surface area contributed by atoms with Crippen molar-refractivity contribution >= 4 is 29.1 Å². The maximum absolute atomic E-state index is 13.4. The molecule has 1 fully saturated rings. The number of halogens is 2. The van der Waals surface area contributed by atoms with Crippen molar-refractivity contribution in [3.8, 4) is 6.07 Å². The van der Waals surface area contributed by atoms with Gasteiger partial charge in [0.15, 0.2) is 0 Å². The number of hydrogen-bond donors (Lipinski definition) is 2. The molecule has 1 atom stereocenters. The normalized spacial score (nSPS) is 17.4.